The maximum absolute atomic E-state index is 12.2. The molecule has 0 spiro atoms. The van der Waals surface area contributed by atoms with E-state index in [1.54, 1.807) is 0 Å². The minimum atomic E-state index is -0.170. The highest BCUT2D eigenvalue weighted by molar-refractivity contribution is 6.33. The van der Waals surface area contributed by atoms with Crippen LogP contribution >= 0.6 is 11.6 Å². The lowest BCUT2D eigenvalue weighted by molar-refractivity contribution is -0.0347. The fourth-order valence-electron chi connectivity index (χ4n) is 5.15. The van der Waals surface area contributed by atoms with Crippen LogP contribution in [0.3, 0.4) is 0 Å². The molecule has 4 saturated carbocycles. The lowest BCUT2D eigenvalue weighted by Crippen LogP contribution is -2.49. The number of halogens is 1. The summed E-state index contributed by atoms with van der Waals surface area (Å²) in [5, 5.41) is 3.37. The average Bonchev–Trinajstić information content (AvgIpc) is 2.46. The van der Waals surface area contributed by atoms with E-state index in [1.807, 2.05) is 0 Å². The second-order valence-corrected chi connectivity index (χ2v) is 7.43. The molecule has 0 atom stereocenters. The number of hydrogen-bond acceptors (Lipinski definition) is 3. The van der Waals surface area contributed by atoms with E-state index >= 15 is 0 Å². The molecule has 4 bridgehead atoms. The number of amides is 1. The van der Waals surface area contributed by atoms with Crippen LogP contribution in [0.15, 0.2) is 12.5 Å². The van der Waals surface area contributed by atoms with E-state index < -0.39 is 0 Å². The molecule has 4 nitrogen and oxygen atoms in total. The van der Waals surface area contributed by atoms with Gasteiger partial charge in [0.05, 0.1) is 5.02 Å². The fourth-order valence-corrected chi connectivity index (χ4v) is 5.34. The zero-order chi connectivity index (χ0) is 14.4. The largest absolute Gasteiger partial charge is 0.350 e. The Morgan fingerprint density at radius 2 is 1.86 bits per heavy atom. The van der Waals surface area contributed by atoms with E-state index in [1.165, 1.54) is 44.6 Å². The number of carbonyl (C=O) groups excluding carboxylic acids is 1. The van der Waals surface area contributed by atoms with Crippen LogP contribution < -0.4 is 5.32 Å². The highest BCUT2D eigenvalue weighted by Crippen LogP contribution is 2.56. The predicted octanol–water partition coefficient (Wildman–Crippen LogP) is 2.93. The average molecular weight is 306 g/mol. The molecular weight excluding hydrogens is 286 g/mol. The van der Waals surface area contributed by atoms with Crippen molar-refractivity contribution in [1.29, 1.82) is 0 Å². The lowest BCUT2D eigenvalue weighted by Gasteiger charge is -2.54. The maximum atomic E-state index is 12.2. The van der Waals surface area contributed by atoms with Gasteiger partial charge in [-0.1, -0.05) is 11.6 Å². The number of aromatic nitrogens is 2. The molecule has 4 aliphatic rings. The Morgan fingerprint density at radius 3 is 2.48 bits per heavy atom. The minimum Gasteiger partial charge on any atom is -0.350 e. The van der Waals surface area contributed by atoms with Crippen LogP contribution in [0.1, 0.15) is 42.6 Å². The van der Waals surface area contributed by atoms with Gasteiger partial charge in [0.15, 0.2) is 0 Å². The molecule has 5 heteroatoms. The number of carbonyl (C=O) groups is 1. The third kappa shape index (κ3) is 2.44. The zero-order valence-corrected chi connectivity index (χ0v) is 12.7. The van der Waals surface area contributed by atoms with Crippen molar-refractivity contribution < 1.29 is 4.79 Å². The molecule has 0 aromatic carbocycles. The molecule has 5 rings (SSSR count). The van der Waals surface area contributed by atoms with Crippen LogP contribution in [0, 0.1) is 29.6 Å². The molecule has 1 amide bonds. The van der Waals surface area contributed by atoms with Crippen LogP contribution in [0.2, 0.25) is 5.02 Å². The Bertz CT molecular complexity index is 534. The van der Waals surface area contributed by atoms with Gasteiger partial charge in [-0.05, 0) is 61.7 Å². The van der Waals surface area contributed by atoms with Gasteiger partial charge >= 0.3 is 0 Å². The van der Waals surface area contributed by atoms with Gasteiger partial charge in [0, 0.05) is 12.7 Å². The number of rotatable bonds is 3. The second-order valence-electron chi connectivity index (χ2n) is 7.02. The van der Waals surface area contributed by atoms with E-state index in [0.29, 0.717) is 10.9 Å². The van der Waals surface area contributed by atoms with Crippen molar-refractivity contribution in [3.63, 3.8) is 0 Å². The summed E-state index contributed by atoms with van der Waals surface area (Å²) in [6.45, 7) is 0.772. The number of nitrogens with zero attached hydrogens (tertiary/aromatic N) is 2. The summed E-state index contributed by atoms with van der Waals surface area (Å²) in [5.41, 5.74) is 0.287. The van der Waals surface area contributed by atoms with Gasteiger partial charge in [-0.25, -0.2) is 9.97 Å². The quantitative estimate of drug-likeness (QED) is 0.934. The molecule has 0 radical (unpaired) electrons. The summed E-state index contributed by atoms with van der Waals surface area (Å²) in [4.78, 5) is 20.0. The molecule has 4 aliphatic carbocycles. The van der Waals surface area contributed by atoms with E-state index in [2.05, 4.69) is 15.3 Å². The minimum absolute atomic E-state index is 0.170. The van der Waals surface area contributed by atoms with Crippen LogP contribution in [0.25, 0.3) is 0 Å². The van der Waals surface area contributed by atoms with E-state index in [4.69, 9.17) is 11.6 Å². The van der Waals surface area contributed by atoms with Crippen molar-refractivity contribution in [2.45, 2.75) is 32.1 Å². The van der Waals surface area contributed by atoms with Crippen LogP contribution in [0.4, 0.5) is 0 Å². The van der Waals surface area contributed by atoms with Crippen LogP contribution in [-0.4, -0.2) is 22.4 Å². The van der Waals surface area contributed by atoms with Crippen molar-refractivity contribution in [3.8, 4) is 0 Å². The molecule has 21 heavy (non-hydrogen) atoms. The molecule has 0 saturated heterocycles. The Morgan fingerprint density at radius 1 is 1.19 bits per heavy atom. The SMILES string of the molecule is O=C(NCC1C2CC3CC(C2)CC1C3)c1ncncc1Cl. The predicted molar refractivity (Wildman–Crippen MR) is 79.9 cm³/mol. The normalized spacial score (nSPS) is 36.7. The molecule has 1 heterocycles. The van der Waals surface area contributed by atoms with E-state index in [0.717, 1.165) is 30.2 Å². The Balaban J connectivity index is 1.41. The summed E-state index contributed by atoms with van der Waals surface area (Å²) < 4.78 is 0. The van der Waals surface area contributed by atoms with Crippen molar-refractivity contribution >= 4 is 17.5 Å². The van der Waals surface area contributed by atoms with Gasteiger partial charge in [-0.2, -0.15) is 0 Å². The molecule has 1 aromatic rings. The molecule has 4 fully saturated rings. The molecule has 1 aromatic heterocycles. The summed E-state index contributed by atoms with van der Waals surface area (Å²) >= 11 is 5.98. The fraction of sp³-hybridized carbons (Fsp3) is 0.688. The first-order valence-electron chi connectivity index (χ1n) is 7.94. The molecule has 1 N–H and O–H groups in total. The summed E-state index contributed by atoms with van der Waals surface area (Å²) in [6, 6.07) is 0. The molecule has 0 aliphatic heterocycles. The zero-order valence-electron chi connectivity index (χ0n) is 12.0. The Labute approximate surface area is 129 Å². The van der Waals surface area contributed by atoms with Crippen molar-refractivity contribution in [2.24, 2.45) is 29.6 Å². The van der Waals surface area contributed by atoms with Gasteiger partial charge < -0.3 is 5.32 Å². The van der Waals surface area contributed by atoms with Crippen molar-refractivity contribution in [3.05, 3.63) is 23.2 Å². The first-order chi connectivity index (χ1) is 10.2. The third-order valence-corrected chi connectivity index (χ3v) is 6.08. The van der Waals surface area contributed by atoms with Gasteiger partial charge in [-0.15, -0.1) is 0 Å². The Hall–Kier alpha value is -1.16. The lowest BCUT2D eigenvalue weighted by atomic mass is 9.52. The first-order valence-corrected chi connectivity index (χ1v) is 8.32. The highest BCUT2D eigenvalue weighted by Gasteiger charge is 2.47. The monoisotopic (exact) mass is 305 g/mol. The van der Waals surface area contributed by atoms with Gasteiger partial charge in [0.1, 0.15) is 12.0 Å². The Kier molecular flexibility index (Phi) is 3.37. The smallest absolute Gasteiger partial charge is 0.271 e. The summed E-state index contributed by atoms with van der Waals surface area (Å²) in [7, 11) is 0. The van der Waals surface area contributed by atoms with Gasteiger partial charge in [-0.3, -0.25) is 4.79 Å². The molecule has 112 valence electrons. The summed E-state index contributed by atoms with van der Waals surface area (Å²) in [6.07, 6.45) is 9.80. The standard InChI is InChI=1S/C16H20ClN3O/c17-14-7-18-8-20-15(14)16(21)19-6-13-11-2-9-1-10(4-11)5-12(13)3-9/h7-13H,1-6H2,(H,19,21). The third-order valence-electron chi connectivity index (χ3n) is 5.80. The van der Waals surface area contributed by atoms with E-state index in [-0.39, 0.29) is 11.6 Å². The van der Waals surface area contributed by atoms with E-state index in [9.17, 15) is 4.79 Å². The highest BCUT2D eigenvalue weighted by atomic mass is 35.5. The molecular formula is C16H20ClN3O. The van der Waals surface area contributed by atoms with Crippen LogP contribution in [0.5, 0.6) is 0 Å². The second kappa shape index (κ2) is 5.24. The van der Waals surface area contributed by atoms with Crippen molar-refractivity contribution in [1.82, 2.24) is 15.3 Å². The number of nitrogens with one attached hydrogen (secondary N) is 1. The summed E-state index contributed by atoms with van der Waals surface area (Å²) in [5.74, 6) is 4.06. The number of hydrogen-bond donors (Lipinski definition) is 1. The van der Waals surface area contributed by atoms with Crippen LogP contribution in [-0.2, 0) is 0 Å². The maximum Gasteiger partial charge on any atom is 0.271 e. The first kappa shape index (κ1) is 13.5. The molecule has 0 unspecified atom stereocenters. The topological polar surface area (TPSA) is 54.9 Å². The van der Waals surface area contributed by atoms with Crippen molar-refractivity contribution in [2.75, 3.05) is 6.54 Å². The van der Waals surface area contributed by atoms with Gasteiger partial charge in [0.25, 0.3) is 5.91 Å². The van der Waals surface area contributed by atoms with Gasteiger partial charge in [0.2, 0.25) is 0 Å².